The second kappa shape index (κ2) is 7.79. The Hall–Kier alpha value is -1.55. The fraction of sp³-hybridized carbons (Fsp3) is 0.200. The first-order valence-corrected chi connectivity index (χ1v) is 5.94. The lowest BCUT2D eigenvalue weighted by atomic mass is 10.2. The molecule has 2 aromatic rings. The van der Waals surface area contributed by atoms with E-state index in [1.54, 1.807) is 12.1 Å². The highest BCUT2D eigenvalue weighted by atomic mass is 35.5. The zero-order valence-electron chi connectivity index (χ0n) is 11.0. The molecule has 0 aliphatic heterocycles. The van der Waals surface area contributed by atoms with Crippen LogP contribution in [0.2, 0.25) is 0 Å². The van der Waals surface area contributed by atoms with Gasteiger partial charge in [0.2, 0.25) is 0 Å². The van der Waals surface area contributed by atoms with E-state index < -0.39 is 0 Å². The van der Waals surface area contributed by atoms with Gasteiger partial charge in [-0.1, -0.05) is 42.5 Å². The smallest absolute Gasteiger partial charge is 0.118 e. The zero-order chi connectivity index (χ0) is 12.8. The van der Waals surface area contributed by atoms with Gasteiger partial charge in [0.25, 0.3) is 0 Å². The maximum atomic E-state index is 6.01. The number of ether oxygens (including phenoxy) is 1. The quantitative estimate of drug-likeness (QED) is 0.675. The van der Waals surface area contributed by atoms with E-state index >= 15 is 0 Å². The number of hydrazine groups is 1. The third kappa shape index (κ3) is 4.91. The number of halogens is 1. The molecule has 0 aliphatic carbocycles. The third-order valence-corrected chi connectivity index (χ3v) is 2.77. The maximum absolute atomic E-state index is 6.01. The monoisotopic (exact) mass is 278 g/mol. The van der Waals surface area contributed by atoms with Crippen molar-refractivity contribution in [1.82, 2.24) is 5.01 Å². The van der Waals surface area contributed by atoms with Gasteiger partial charge in [-0.15, -0.1) is 12.4 Å². The summed E-state index contributed by atoms with van der Waals surface area (Å²) in [5, 5.41) is 1.80. The SMILES string of the molecule is COc1ccc(CN(N)Cc2ccccc2)cc1.Cl. The van der Waals surface area contributed by atoms with Crippen LogP contribution in [0.3, 0.4) is 0 Å². The van der Waals surface area contributed by atoms with Crippen LogP contribution in [0.1, 0.15) is 11.1 Å². The van der Waals surface area contributed by atoms with Crippen LogP contribution in [0.4, 0.5) is 0 Å². The van der Waals surface area contributed by atoms with Gasteiger partial charge in [-0.3, -0.25) is 5.84 Å². The molecule has 0 unspecified atom stereocenters. The van der Waals surface area contributed by atoms with Crippen molar-refractivity contribution in [1.29, 1.82) is 0 Å². The molecule has 0 aromatic heterocycles. The highest BCUT2D eigenvalue weighted by Gasteiger charge is 2.02. The van der Waals surface area contributed by atoms with Gasteiger partial charge in [0.1, 0.15) is 5.75 Å². The zero-order valence-corrected chi connectivity index (χ0v) is 11.8. The van der Waals surface area contributed by atoms with Crippen molar-refractivity contribution >= 4 is 12.4 Å². The third-order valence-electron chi connectivity index (χ3n) is 2.77. The average molecular weight is 279 g/mol. The second-order valence-corrected chi connectivity index (χ2v) is 4.24. The van der Waals surface area contributed by atoms with Gasteiger partial charge in [0.05, 0.1) is 7.11 Å². The van der Waals surface area contributed by atoms with Gasteiger partial charge < -0.3 is 4.74 Å². The van der Waals surface area contributed by atoms with Crippen molar-refractivity contribution in [3.05, 3.63) is 65.7 Å². The van der Waals surface area contributed by atoms with E-state index in [1.807, 2.05) is 42.5 Å². The van der Waals surface area contributed by atoms with Crippen molar-refractivity contribution in [3.8, 4) is 5.75 Å². The molecule has 0 radical (unpaired) electrons. The van der Waals surface area contributed by atoms with E-state index in [-0.39, 0.29) is 12.4 Å². The fourth-order valence-corrected chi connectivity index (χ4v) is 1.84. The Morgan fingerprint density at radius 3 is 1.95 bits per heavy atom. The predicted octanol–water partition coefficient (Wildman–Crippen LogP) is 2.99. The Labute approximate surface area is 120 Å². The van der Waals surface area contributed by atoms with Crippen molar-refractivity contribution in [3.63, 3.8) is 0 Å². The van der Waals surface area contributed by atoms with Crippen LogP contribution in [-0.4, -0.2) is 12.1 Å². The van der Waals surface area contributed by atoms with Gasteiger partial charge in [0, 0.05) is 13.1 Å². The van der Waals surface area contributed by atoms with Gasteiger partial charge in [-0.25, -0.2) is 5.01 Å². The van der Waals surface area contributed by atoms with Crippen molar-refractivity contribution < 1.29 is 4.74 Å². The van der Waals surface area contributed by atoms with Gasteiger partial charge in [-0.05, 0) is 23.3 Å². The van der Waals surface area contributed by atoms with Crippen molar-refractivity contribution in [2.45, 2.75) is 13.1 Å². The largest absolute Gasteiger partial charge is 0.497 e. The minimum Gasteiger partial charge on any atom is -0.497 e. The summed E-state index contributed by atoms with van der Waals surface area (Å²) in [7, 11) is 1.67. The summed E-state index contributed by atoms with van der Waals surface area (Å²) in [4.78, 5) is 0. The van der Waals surface area contributed by atoms with E-state index in [0.29, 0.717) is 0 Å². The molecule has 19 heavy (non-hydrogen) atoms. The highest BCUT2D eigenvalue weighted by molar-refractivity contribution is 5.85. The first-order valence-electron chi connectivity index (χ1n) is 5.94. The molecule has 0 spiro atoms. The Morgan fingerprint density at radius 2 is 1.42 bits per heavy atom. The normalized spacial score (nSPS) is 10.1. The van der Waals surface area contributed by atoms with Crippen LogP contribution in [0, 0.1) is 0 Å². The molecule has 102 valence electrons. The molecular formula is C15H19ClN2O. The number of hydrogen-bond acceptors (Lipinski definition) is 3. The molecule has 0 saturated carbocycles. The van der Waals surface area contributed by atoms with Crippen LogP contribution in [0.25, 0.3) is 0 Å². The molecule has 0 heterocycles. The minimum absolute atomic E-state index is 0. The molecule has 0 bridgehead atoms. The average Bonchev–Trinajstić information content (AvgIpc) is 2.40. The molecule has 0 aliphatic rings. The van der Waals surface area contributed by atoms with Crippen LogP contribution >= 0.6 is 12.4 Å². The summed E-state index contributed by atoms with van der Waals surface area (Å²) in [6, 6.07) is 18.2. The second-order valence-electron chi connectivity index (χ2n) is 4.24. The van der Waals surface area contributed by atoms with E-state index in [1.165, 1.54) is 11.1 Å². The van der Waals surface area contributed by atoms with Crippen LogP contribution in [-0.2, 0) is 13.1 Å². The Kier molecular flexibility index (Phi) is 6.36. The highest BCUT2D eigenvalue weighted by Crippen LogP contribution is 2.13. The first-order chi connectivity index (χ1) is 8.78. The molecule has 2 aromatic carbocycles. The summed E-state index contributed by atoms with van der Waals surface area (Å²) >= 11 is 0. The first kappa shape index (κ1) is 15.5. The van der Waals surface area contributed by atoms with Gasteiger partial charge in [-0.2, -0.15) is 0 Å². The van der Waals surface area contributed by atoms with Crippen molar-refractivity contribution in [2.75, 3.05) is 7.11 Å². The van der Waals surface area contributed by atoms with E-state index in [4.69, 9.17) is 10.6 Å². The Balaban J connectivity index is 0.00000180. The maximum Gasteiger partial charge on any atom is 0.118 e. The number of nitrogens with zero attached hydrogens (tertiary/aromatic N) is 1. The summed E-state index contributed by atoms with van der Waals surface area (Å²) < 4.78 is 5.12. The minimum atomic E-state index is 0. The molecular weight excluding hydrogens is 260 g/mol. The Bertz CT molecular complexity index is 473. The van der Waals surface area contributed by atoms with Crippen LogP contribution in [0.15, 0.2) is 54.6 Å². The lowest BCUT2D eigenvalue weighted by Gasteiger charge is -2.16. The molecule has 4 heteroatoms. The summed E-state index contributed by atoms with van der Waals surface area (Å²) in [5.41, 5.74) is 2.39. The van der Waals surface area contributed by atoms with E-state index in [9.17, 15) is 0 Å². The molecule has 0 atom stereocenters. The van der Waals surface area contributed by atoms with Gasteiger partial charge in [0.15, 0.2) is 0 Å². The number of nitrogens with two attached hydrogens (primary N) is 1. The standard InChI is InChI=1S/C15H18N2O.ClH/c1-18-15-9-7-14(8-10-15)12-17(16)11-13-5-3-2-4-6-13;/h2-10H,11-12,16H2,1H3;1H. The Morgan fingerprint density at radius 1 is 0.895 bits per heavy atom. The summed E-state index contributed by atoms with van der Waals surface area (Å²) in [5.74, 6) is 6.88. The summed E-state index contributed by atoms with van der Waals surface area (Å²) in [6.07, 6.45) is 0. The summed E-state index contributed by atoms with van der Waals surface area (Å²) in [6.45, 7) is 1.46. The van der Waals surface area contributed by atoms with Crippen LogP contribution < -0.4 is 10.6 Å². The lowest BCUT2D eigenvalue weighted by molar-refractivity contribution is 0.266. The van der Waals surface area contributed by atoms with Gasteiger partial charge >= 0.3 is 0 Å². The molecule has 0 amide bonds. The fourth-order valence-electron chi connectivity index (χ4n) is 1.84. The number of rotatable bonds is 5. The molecule has 2 rings (SSSR count). The molecule has 3 nitrogen and oxygen atoms in total. The molecule has 0 fully saturated rings. The number of benzene rings is 2. The van der Waals surface area contributed by atoms with E-state index in [0.717, 1.165) is 18.8 Å². The predicted molar refractivity (Wildman–Crippen MR) is 80.1 cm³/mol. The number of hydrogen-bond donors (Lipinski definition) is 1. The number of methoxy groups -OCH3 is 1. The topological polar surface area (TPSA) is 38.5 Å². The lowest BCUT2D eigenvalue weighted by Crippen LogP contribution is -2.29. The van der Waals surface area contributed by atoms with E-state index in [2.05, 4.69) is 12.1 Å². The molecule has 0 saturated heterocycles. The van der Waals surface area contributed by atoms with Crippen molar-refractivity contribution in [2.24, 2.45) is 5.84 Å². The molecule has 2 N–H and O–H groups in total. The van der Waals surface area contributed by atoms with Crippen LogP contribution in [0.5, 0.6) is 5.75 Å².